The summed E-state index contributed by atoms with van der Waals surface area (Å²) in [7, 11) is 0. The van der Waals surface area contributed by atoms with E-state index in [1.165, 1.54) is 0 Å². The van der Waals surface area contributed by atoms with Crippen molar-refractivity contribution in [2.75, 3.05) is 6.54 Å². The molecule has 4 nitrogen and oxygen atoms in total. The van der Waals surface area contributed by atoms with Gasteiger partial charge >= 0.3 is 0 Å². The molecule has 5 heteroatoms. The van der Waals surface area contributed by atoms with Crippen molar-refractivity contribution in [1.82, 2.24) is 10.2 Å². The van der Waals surface area contributed by atoms with Crippen LogP contribution < -0.4 is 5.32 Å². The molecular formula is C13H18N2O2S. The lowest BCUT2D eigenvalue weighted by Gasteiger charge is -2.25. The molecule has 18 heavy (non-hydrogen) atoms. The van der Waals surface area contributed by atoms with Crippen LogP contribution in [0.3, 0.4) is 0 Å². The molecule has 1 saturated heterocycles. The van der Waals surface area contributed by atoms with Crippen LogP contribution in [-0.4, -0.2) is 29.3 Å². The number of carbonyl (C=O) groups excluding carboxylic acids is 2. The van der Waals surface area contributed by atoms with Crippen molar-refractivity contribution < 1.29 is 9.59 Å². The van der Waals surface area contributed by atoms with Crippen LogP contribution in [0.5, 0.6) is 0 Å². The first-order valence-corrected chi connectivity index (χ1v) is 7.06. The minimum absolute atomic E-state index is 0.0317. The fourth-order valence-electron chi connectivity index (χ4n) is 2.05. The Labute approximate surface area is 111 Å². The molecule has 0 aromatic carbocycles. The number of carbonyl (C=O) groups is 2. The number of nitrogens with zero attached hydrogens (tertiary/aromatic N) is 1. The maximum atomic E-state index is 12.4. The zero-order valence-electron chi connectivity index (χ0n) is 10.7. The molecule has 0 radical (unpaired) electrons. The first-order valence-electron chi connectivity index (χ1n) is 6.18. The summed E-state index contributed by atoms with van der Waals surface area (Å²) in [4.78, 5) is 26.9. The molecule has 1 atom stereocenters. The van der Waals surface area contributed by atoms with E-state index in [9.17, 15) is 9.59 Å². The highest BCUT2D eigenvalue weighted by atomic mass is 32.1. The lowest BCUT2D eigenvalue weighted by atomic mass is 10.0. The number of nitrogens with one attached hydrogen (secondary N) is 1. The maximum Gasteiger partial charge on any atom is 0.245 e. The third-order valence-electron chi connectivity index (χ3n) is 3.10. The Balaban J connectivity index is 2.13. The van der Waals surface area contributed by atoms with Crippen molar-refractivity contribution in [1.29, 1.82) is 0 Å². The van der Waals surface area contributed by atoms with Crippen molar-refractivity contribution in [3.05, 3.63) is 22.4 Å². The largest absolute Gasteiger partial charge is 0.344 e. The van der Waals surface area contributed by atoms with E-state index >= 15 is 0 Å². The molecule has 0 bridgehead atoms. The standard InChI is InChI=1S/C13H18N2O2S/c1-9(2)12-13(17)15(6-5-11(16)14-12)8-10-4-3-7-18-10/h3-4,7,9,12H,5-6,8H2,1-2H3,(H,14,16). The molecule has 1 aromatic heterocycles. The van der Waals surface area contributed by atoms with E-state index in [1.54, 1.807) is 16.2 Å². The lowest BCUT2D eigenvalue weighted by molar-refractivity contribution is -0.135. The maximum absolute atomic E-state index is 12.4. The molecule has 2 rings (SSSR count). The number of hydrogen-bond donors (Lipinski definition) is 1. The summed E-state index contributed by atoms with van der Waals surface area (Å²) in [6, 6.07) is 3.61. The summed E-state index contributed by atoms with van der Waals surface area (Å²) in [5.41, 5.74) is 0. The first kappa shape index (κ1) is 13.1. The quantitative estimate of drug-likeness (QED) is 0.904. The smallest absolute Gasteiger partial charge is 0.245 e. The highest BCUT2D eigenvalue weighted by molar-refractivity contribution is 7.09. The molecule has 0 saturated carbocycles. The molecule has 1 unspecified atom stereocenters. The summed E-state index contributed by atoms with van der Waals surface area (Å²) in [5.74, 6) is 0.116. The molecule has 1 fully saturated rings. The van der Waals surface area contributed by atoms with E-state index in [1.807, 2.05) is 31.4 Å². The third-order valence-corrected chi connectivity index (χ3v) is 3.96. The van der Waals surface area contributed by atoms with Crippen LogP contribution in [0.4, 0.5) is 0 Å². The van der Waals surface area contributed by atoms with E-state index in [0.717, 1.165) is 4.88 Å². The predicted molar refractivity (Wildman–Crippen MR) is 71.1 cm³/mol. The molecule has 1 aromatic rings. The zero-order chi connectivity index (χ0) is 13.1. The van der Waals surface area contributed by atoms with E-state index in [0.29, 0.717) is 19.5 Å². The van der Waals surface area contributed by atoms with Crippen LogP contribution in [0, 0.1) is 5.92 Å². The molecule has 0 spiro atoms. The highest BCUT2D eigenvalue weighted by Gasteiger charge is 2.31. The summed E-state index contributed by atoms with van der Waals surface area (Å²) in [5, 5.41) is 4.81. The summed E-state index contributed by atoms with van der Waals surface area (Å²) < 4.78 is 0. The topological polar surface area (TPSA) is 49.4 Å². The van der Waals surface area contributed by atoms with Crippen LogP contribution in [0.25, 0.3) is 0 Å². The van der Waals surface area contributed by atoms with Crippen molar-refractivity contribution in [3.8, 4) is 0 Å². The van der Waals surface area contributed by atoms with Gasteiger partial charge in [0.1, 0.15) is 6.04 Å². The average molecular weight is 266 g/mol. The second-order valence-electron chi connectivity index (χ2n) is 4.88. The Morgan fingerprint density at radius 2 is 2.28 bits per heavy atom. The van der Waals surface area contributed by atoms with Crippen molar-refractivity contribution in [2.24, 2.45) is 5.92 Å². The van der Waals surface area contributed by atoms with Crippen LogP contribution in [0.2, 0.25) is 0 Å². The Bertz CT molecular complexity index is 428. The van der Waals surface area contributed by atoms with Crippen molar-refractivity contribution >= 4 is 23.2 Å². The van der Waals surface area contributed by atoms with E-state index in [4.69, 9.17) is 0 Å². The molecule has 2 heterocycles. The predicted octanol–water partition coefficient (Wildman–Crippen LogP) is 1.62. The van der Waals surface area contributed by atoms with Gasteiger partial charge in [-0.05, 0) is 17.4 Å². The molecule has 0 aliphatic carbocycles. The molecule has 1 aliphatic heterocycles. The second kappa shape index (κ2) is 5.52. The Hall–Kier alpha value is -1.36. The van der Waals surface area contributed by atoms with Gasteiger partial charge in [-0.2, -0.15) is 0 Å². The number of rotatable bonds is 3. The minimum atomic E-state index is -0.389. The van der Waals surface area contributed by atoms with Gasteiger partial charge in [0, 0.05) is 17.8 Å². The van der Waals surface area contributed by atoms with E-state index < -0.39 is 0 Å². The van der Waals surface area contributed by atoms with Crippen molar-refractivity contribution in [2.45, 2.75) is 32.9 Å². The van der Waals surface area contributed by atoms with Gasteiger partial charge in [0.2, 0.25) is 11.8 Å². The second-order valence-corrected chi connectivity index (χ2v) is 5.91. The Kier molecular flexibility index (Phi) is 4.01. The van der Waals surface area contributed by atoms with Crippen molar-refractivity contribution in [3.63, 3.8) is 0 Å². The Morgan fingerprint density at radius 1 is 1.50 bits per heavy atom. The molecule has 1 aliphatic rings. The van der Waals surface area contributed by atoms with Gasteiger partial charge in [0.15, 0.2) is 0 Å². The normalized spacial score (nSPS) is 21.1. The van der Waals surface area contributed by atoms with E-state index in [2.05, 4.69) is 5.32 Å². The van der Waals surface area contributed by atoms with Gasteiger partial charge in [-0.3, -0.25) is 9.59 Å². The lowest BCUT2D eigenvalue weighted by Crippen LogP contribution is -2.47. The molecule has 98 valence electrons. The third kappa shape index (κ3) is 2.90. The molecular weight excluding hydrogens is 248 g/mol. The van der Waals surface area contributed by atoms with Crippen LogP contribution >= 0.6 is 11.3 Å². The first-order chi connectivity index (χ1) is 8.58. The molecule has 2 amide bonds. The highest BCUT2D eigenvalue weighted by Crippen LogP contribution is 2.16. The Morgan fingerprint density at radius 3 is 2.89 bits per heavy atom. The average Bonchev–Trinajstić information content (AvgIpc) is 2.78. The fraction of sp³-hybridized carbons (Fsp3) is 0.538. The number of thiophene rings is 1. The van der Waals surface area contributed by atoms with Gasteiger partial charge in [0.05, 0.1) is 6.54 Å². The van der Waals surface area contributed by atoms with Gasteiger partial charge in [-0.25, -0.2) is 0 Å². The zero-order valence-corrected chi connectivity index (χ0v) is 11.5. The monoisotopic (exact) mass is 266 g/mol. The fourth-order valence-corrected chi connectivity index (χ4v) is 2.77. The van der Waals surface area contributed by atoms with Crippen LogP contribution in [0.1, 0.15) is 25.1 Å². The number of hydrogen-bond acceptors (Lipinski definition) is 3. The van der Waals surface area contributed by atoms with Gasteiger partial charge in [-0.15, -0.1) is 11.3 Å². The van der Waals surface area contributed by atoms with E-state index in [-0.39, 0.29) is 23.8 Å². The van der Waals surface area contributed by atoms with Crippen LogP contribution in [-0.2, 0) is 16.1 Å². The van der Waals surface area contributed by atoms with Gasteiger partial charge in [-0.1, -0.05) is 19.9 Å². The SMILES string of the molecule is CC(C)C1NC(=O)CCN(Cc2cccs2)C1=O. The summed E-state index contributed by atoms with van der Waals surface area (Å²) in [6.45, 7) is 5.02. The summed E-state index contributed by atoms with van der Waals surface area (Å²) >= 11 is 1.64. The summed E-state index contributed by atoms with van der Waals surface area (Å²) in [6.07, 6.45) is 0.389. The number of amides is 2. The molecule has 1 N–H and O–H groups in total. The van der Waals surface area contributed by atoms with Crippen LogP contribution in [0.15, 0.2) is 17.5 Å². The van der Waals surface area contributed by atoms with Gasteiger partial charge in [0.25, 0.3) is 0 Å². The van der Waals surface area contributed by atoms with Gasteiger partial charge < -0.3 is 10.2 Å². The minimum Gasteiger partial charge on any atom is -0.344 e.